The predicted molar refractivity (Wildman–Crippen MR) is 42.7 cm³/mol. The SMILES string of the molecule is COC12C=NC=NC1=NC=N2. The monoisotopic (exact) mass is 150 g/mol. The molecule has 0 aromatic carbocycles. The van der Waals surface area contributed by atoms with E-state index in [1.807, 2.05) is 0 Å². The molecular weight excluding hydrogens is 144 g/mol. The summed E-state index contributed by atoms with van der Waals surface area (Å²) in [6.45, 7) is 0. The average molecular weight is 150 g/mol. The molecule has 0 aromatic rings. The van der Waals surface area contributed by atoms with Gasteiger partial charge >= 0.3 is 0 Å². The summed E-state index contributed by atoms with van der Waals surface area (Å²) < 4.78 is 5.11. The van der Waals surface area contributed by atoms with Crippen molar-refractivity contribution in [3.8, 4) is 0 Å². The molecule has 2 heterocycles. The Bertz CT molecular complexity index is 291. The van der Waals surface area contributed by atoms with Crippen LogP contribution in [0, 0.1) is 0 Å². The highest BCUT2D eigenvalue weighted by molar-refractivity contribution is 6.16. The minimum absolute atomic E-state index is 0.537. The van der Waals surface area contributed by atoms with Crippen molar-refractivity contribution in [3.05, 3.63) is 0 Å². The molecule has 56 valence electrons. The Morgan fingerprint density at radius 3 is 3.09 bits per heavy atom. The van der Waals surface area contributed by atoms with Gasteiger partial charge in [-0.25, -0.2) is 20.0 Å². The van der Waals surface area contributed by atoms with Crippen molar-refractivity contribution in [2.75, 3.05) is 7.11 Å². The number of fused-ring (bicyclic) bond motifs is 1. The van der Waals surface area contributed by atoms with Gasteiger partial charge in [-0.1, -0.05) is 0 Å². The van der Waals surface area contributed by atoms with Crippen LogP contribution >= 0.6 is 0 Å². The summed E-state index contributed by atoms with van der Waals surface area (Å²) in [5, 5.41) is 0. The topological polar surface area (TPSA) is 58.7 Å². The van der Waals surface area contributed by atoms with Gasteiger partial charge in [-0.15, -0.1) is 0 Å². The van der Waals surface area contributed by atoms with Crippen molar-refractivity contribution in [3.63, 3.8) is 0 Å². The summed E-state index contributed by atoms with van der Waals surface area (Å²) in [6.07, 6.45) is 4.42. The van der Waals surface area contributed by atoms with Gasteiger partial charge < -0.3 is 4.74 Å². The van der Waals surface area contributed by atoms with E-state index in [1.54, 1.807) is 13.3 Å². The van der Waals surface area contributed by atoms with Crippen LogP contribution in [0.15, 0.2) is 20.0 Å². The van der Waals surface area contributed by atoms with Gasteiger partial charge in [0.1, 0.15) is 12.7 Å². The van der Waals surface area contributed by atoms with E-state index in [4.69, 9.17) is 4.74 Å². The Morgan fingerprint density at radius 2 is 2.36 bits per heavy atom. The molecule has 0 amide bonds. The Balaban J connectivity index is 2.46. The lowest BCUT2D eigenvalue weighted by molar-refractivity contribution is 0.121. The standard InChI is InChI=1S/C6H6N4O/c1-11-6-2-7-3-8-5(6)9-4-10-6/h2-4H,1H3. The molecular formula is C6H6N4O. The van der Waals surface area contributed by atoms with Crippen LogP contribution in [-0.2, 0) is 4.74 Å². The molecule has 2 rings (SSSR count). The Labute approximate surface area is 63.2 Å². The van der Waals surface area contributed by atoms with Gasteiger partial charge in [0, 0.05) is 7.11 Å². The van der Waals surface area contributed by atoms with Gasteiger partial charge in [-0.2, -0.15) is 0 Å². The first-order valence-electron chi connectivity index (χ1n) is 3.11. The molecule has 0 saturated carbocycles. The zero-order valence-electron chi connectivity index (χ0n) is 5.93. The molecule has 0 aromatic heterocycles. The summed E-state index contributed by atoms with van der Waals surface area (Å²) >= 11 is 0. The highest BCUT2D eigenvalue weighted by Crippen LogP contribution is 2.18. The van der Waals surface area contributed by atoms with Crippen molar-refractivity contribution in [2.24, 2.45) is 20.0 Å². The highest BCUT2D eigenvalue weighted by atomic mass is 16.5. The fraction of sp³-hybridized carbons (Fsp3) is 0.333. The van der Waals surface area contributed by atoms with E-state index >= 15 is 0 Å². The van der Waals surface area contributed by atoms with Gasteiger partial charge in [0.15, 0.2) is 5.84 Å². The van der Waals surface area contributed by atoms with E-state index in [-0.39, 0.29) is 0 Å². The van der Waals surface area contributed by atoms with Crippen LogP contribution in [0.2, 0.25) is 0 Å². The maximum atomic E-state index is 5.11. The molecule has 0 saturated heterocycles. The molecule has 11 heavy (non-hydrogen) atoms. The molecule has 1 unspecified atom stereocenters. The van der Waals surface area contributed by atoms with E-state index in [0.29, 0.717) is 5.84 Å². The van der Waals surface area contributed by atoms with Crippen LogP contribution in [-0.4, -0.2) is 37.6 Å². The van der Waals surface area contributed by atoms with Crippen molar-refractivity contribution < 1.29 is 4.74 Å². The van der Waals surface area contributed by atoms with E-state index < -0.39 is 5.72 Å². The Morgan fingerprint density at radius 1 is 1.45 bits per heavy atom. The second kappa shape index (κ2) is 2.06. The van der Waals surface area contributed by atoms with Crippen molar-refractivity contribution in [2.45, 2.75) is 5.72 Å². The number of methoxy groups -OCH3 is 1. The molecule has 0 radical (unpaired) electrons. The minimum atomic E-state index is -0.839. The summed E-state index contributed by atoms with van der Waals surface area (Å²) in [7, 11) is 1.55. The number of rotatable bonds is 1. The van der Waals surface area contributed by atoms with E-state index in [0.717, 1.165) is 0 Å². The summed E-state index contributed by atoms with van der Waals surface area (Å²) in [5.74, 6) is 0.537. The third kappa shape index (κ3) is 0.743. The zero-order valence-corrected chi connectivity index (χ0v) is 5.93. The normalized spacial score (nSPS) is 32.3. The predicted octanol–water partition coefficient (Wildman–Crippen LogP) is -0.118. The minimum Gasteiger partial charge on any atom is -0.346 e. The first kappa shape index (κ1) is 6.36. The zero-order chi connectivity index (χ0) is 7.73. The van der Waals surface area contributed by atoms with Crippen molar-refractivity contribution >= 4 is 24.7 Å². The fourth-order valence-corrected chi connectivity index (χ4v) is 0.956. The number of amidine groups is 1. The van der Waals surface area contributed by atoms with E-state index in [2.05, 4.69) is 20.0 Å². The third-order valence-corrected chi connectivity index (χ3v) is 1.56. The van der Waals surface area contributed by atoms with Crippen LogP contribution in [0.1, 0.15) is 0 Å². The number of hydrogen-bond acceptors (Lipinski definition) is 5. The van der Waals surface area contributed by atoms with Gasteiger partial charge in [0.2, 0.25) is 0 Å². The fourth-order valence-electron chi connectivity index (χ4n) is 0.956. The first-order chi connectivity index (χ1) is 5.37. The molecule has 0 spiro atoms. The van der Waals surface area contributed by atoms with E-state index in [1.165, 1.54) is 12.7 Å². The van der Waals surface area contributed by atoms with Crippen molar-refractivity contribution in [1.29, 1.82) is 0 Å². The molecule has 2 aliphatic heterocycles. The van der Waals surface area contributed by atoms with Gasteiger partial charge in [0.05, 0.1) is 6.21 Å². The molecule has 0 bridgehead atoms. The third-order valence-electron chi connectivity index (χ3n) is 1.56. The smallest absolute Gasteiger partial charge is 0.258 e. The number of nitrogens with zero attached hydrogens (tertiary/aromatic N) is 4. The maximum absolute atomic E-state index is 5.11. The average Bonchev–Trinajstić information content (AvgIpc) is 2.48. The van der Waals surface area contributed by atoms with Crippen LogP contribution in [0.4, 0.5) is 0 Å². The van der Waals surface area contributed by atoms with Gasteiger partial charge in [0.25, 0.3) is 5.72 Å². The number of ether oxygens (including phenoxy) is 1. The molecule has 0 fully saturated rings. The van der Waals surface area contributed by atoms with Crippen LogP contribution in [0.5, 0.6) is 0 Å². The largest absolute Gasteiger partial charge is 0.346 e. The molecule has 2 aliphatic rings. The summed E-state index contributed by atoms with van der Waals surface area (Å²) in [4.78, 5) is 15.6. The van der Waals surface area contributed by atoms with Gasteiger partial charge in [-0.3, -0.25) is 0 Å². The highest BCUT2D eigenvalue weighted by Gasteiger charge is 2.37. The lowest BCUT2D eigenvalue weighted by Gasteiger charge is -2.19. The Hall–Kier alpha value is -1.36. The summed E-state index contributed by atoms with van der Waals surface area (Å²) in [6, 6.07) is 0. The molecule has 5 heteroatoms. The molecule has 5 nitrogen and oxygen atoms in total. The first-order valence-corrected chi connectivity index (χ1v) is 3.11. The molecule has 0 aliphatic carbocycles. The lowest BCUT2D eigenvalue weighted by atomic mass is 10.2. The van der Waals surface area contributed by atoms with E-state index in [9.17, 15) is 0 Å². The number of aliphatic imine (C=N–C) groups is 4. The molecule has 1 atom stereocenters. The molecule has 0 N–H and O–H groups in total. The second-order valence-electron chi connectivity index (χ2n) is 2.12. The van der Waals surface area contributed by atoms with Crippen LogP contribution < -0.4 is 0 Å². The Kier molecular flexibility index (Phi) is 1.19. The summed E-state index contributed by atoms with van der Waals surface area (Å²) in [5.41, 5.74) is -0.839. The van der Waals surface area contributed by atoms with Crippen LogP contribution in [0.25, 0.3) is 0 Å². The van der Waals surface area contributed by atoms with Gasteiger partial charge in [-0.05, 0) is 0 Å². The maximum Gasteiger partial charge on any atom is 0.258 e. The van der Waals surface area contributed by atoms with Crippen molar-refractivity contribution in [1.82, 2.24) is 0 Å². The van der Waals surface area contributed by atoms with Crippen LogP contribution in [0.3, 0.4) is 0 Å². The second-order valence-corrected chi connectivity index (χ2v) is 2.12. The quantitative estimate of drug-likeness (QED) is 0.514. The number of hydrogen-bond donors (Lipinski definition) is 0. The lowest BCUT2D eigenvalue weighted by Crippen LogP contribution is -2.39.